The Morgan fingerprint density at radius 3 is 2.58 bits per heavy atom. The van der Waals surface area contributed by atoms with E-state index in [1.54, 1.807) is 23.5 Å². The number of benzene rings is 1. The Labute approximate surface area is 157 Å². The topological polar surface area (TPSA) is 49.4 Å². The van der Waals surface area contributed by atoms with E-state index < -0.39 is 0 Å². The maximum Gasteiger partial charge on any atom is 0.263 e. The second kappa shape index (κ2) is 7.99. The van der Waals surface area contributed by atoms with Crippen LogP contribution >= 0.6 is 11.3 Å². The summed E-state index contributed by atoms with van der Waals surface area (Å²) >= 11 is 1.56. The fraction of sp³-hybridized carbons (Fsp3) is 0.400. The van der Waals surface area contributed by atoms with E-state index in [1.807, 2.05) is 24.8 Å². The van der Waals surface area contributed by atoms with Gasteiger partial charge in [-0.1, -0.05) is 0 Å². The van der Waals surface area contributed by atoms with Crippen LogP contribution in [0.25, 0.3) is 0 Å². The van der Waals surface area contributed by atoms with Gasteiger partial charge in [0.2, 0.25) is 5.91 Å². The summed E-state index contributed by atoms with van der Waals surface area (Å²) in [5, 5.41) is 2.86. The molecule has 4 nitrogen and oxygen atoms in total. The van der Waals surface area contributed by atoms with Crippen LogP contribution in [0.3, 0.4) is 0 Å². The predicted octanol–water partition coefficient (Wildman–Crippen LogP) is 4.11. The molecule has 0 fully saturated rings. The SMILES string of the molecule is CCN(CC)C(=O)c1cc2c(s1)CC[C@@H](C(=O)Nc1ccc(F)cc1)C2. The Balaban J connectivity index is 1.68. The molecule has 1 aliphatic carbocycles. The van der Waals surface area contributed by atoms with Crippen molar-refractivity contribution < 1.29 is 14.0 Å². The van der Waals surface area contributed by atoms with Crippen LogP contribution in [0.15, 0.2) is 30.3 Å². The molecule has 0 spiro atoms. The van der Waals surface area contributed by atoms with Gasteiger partial charge in [-0.3, -0.25) is 9.59 Å². The molecule has 0 saturated carbocycles. The summed E-state index contributed by atoms with van der Waals surface area (Å²) in [6.45, 7) is 5.34. The zero-order valence-corrected chi connectivity index (χ0v) is 15.9. The standard InChI is InChI=1S/C20H23FN2O2S/c1-3-23(4-2)20(25)18-12-14-11-13(5-10-17(14)26-18)19(24)22-16-8-6-15(21)7-9-16/h6-9,12-13H,3-5,10-11H2,1-2H3,(H,22,24)/t13-/m1/s1. The van der Waals surface area contributed by atoms with E-state index in [0.717, 1.165) is 23.3 Å². The van der Waals surface area contributed by atoms with Gasteiger partial charge in [0, 0.05) is 29.6 Å². The lowest BCUT2D eigenvalue weighted by atomic mass is 9.87. The monoisotopic (exact) mass is 374 g/mol. The molecule has 2 amide bonds. The molecular formula is C20H23FN2O2S. The molecule has 1 aromatic heterocycles. The van der Waals surface area contributed by atoms with Crippen molar-refractivity contribution >= 4 is 28.8 Å². The minimum absolute atomic E-state index is 0.0509. The largest absolute Gasteiger partial charge is 0.339 e. The summed E-state index contributed by atoms with van der Waals surface area (Å²) in [5.74, 6) is -0.431. The number of hydrogen-bond acceptors (Lipinski definition) is 3. The number of amides is 2. The molecule has 1 aromatic carbocycles. The summed E-state index contributed by atoms with van der Waals surface area (Å²) in [4.78, 5) is 28.9. The van der Waals surface area contributed by atoms with Crippen molar-refractivity contribution in [2.24, 2.45) is 5.92 Å². The molecule has 1 atom stereocenters. The number of halogens is 1. The van der Waals surface area contributed by atoms with Gasteiger partial charge in [0.15, 0.2) is 0 Å². The van der Waals surface area contributed by atoms with E-state index in [9.17, 15) is 14.0 Å². The Kier molecular flexibility index (Phi) is 5.71. The molecule has 138 valence electrons. The number of rotatable bonds is 5. The quantitative estimate of drug-likeness (QED) is 0.856. The number of thiophene rings is 1. The molecule has 6 heteroatoms. The number of carbonyl (C=O) groups excluding carboxylic acids is 2. The average molecular weight is 374 g/mol. The van der Waals surface area contributed by atoms with Crippen molar-refractivity contribution in [3.05, 3.63) is 51.5 Å². The fourth-order valence-electron chi connectivity index (χ4n) is 3.30. The fourth-order valence-corrected chi connectivity index (χ4v) is 4.47. The molecule has 0 radical (unpaired) electrons. The lowest BCUT2D eigenvalue weighted by Crippen LogP contribution is -2.29. The van der Waals surface area contributed by atoms with E-state index in [2.05, 4.69) is 5.32 Å². The second-order valence-electron chi connectivity index (χ2n) is 6.47. The van der Waals surface area contributed by atoms with Gasteiger partial charge in [-0.25, -0.2) is 4.39 Å². The van der Waals surface area contributed by atoms with Crippen LogP contribution < -0.4 is 5.32 Å². The van der Waals surface area contributed by atoms with Gasteiger partial charge in [-0.05, 0) is 69.0 Å². The van der Waals surface area contributed by atoms with Crippen molar-refractivity contribution in [1.82, 2.24) is 4.90 Å². The number of nitrogens with zero attached hydrogens (tertiary/aromatic N) is 1. The third-order valence-corrected chi connectivity index (χ3v) is 6.05. The van der Waals surface area contributed by atoms with Crippen molar-refractivity contribution in [2.75, 3.05) is 18.4 Å². The minimum Gasteiger partial charge on any atom is -0.339 e. The molecule has 2 aromatic rings. The number of aryl methyl sites for hydroxylation is 1. The molecule has 3 rings (SSSR count). The molecule has 0 saturated heterocycles. The molecule has 26 heavy (non-hydrogen) atoms. The highest BCUT2D eigenvalue weighted by molar-refractivity contribution is 7.14. The zero-order valence-electron chi connectivity index (χ0n) is 15.0. The van der Waals surface area contributed by atoms with E-state index in [4.69, 9.17) is 0 Å². The van der Waals surface area contributed by atoms with Gasteiger partial charge in [-0.2, -0.15) is 0 Å². The summed E-state index contributed by atoms with van der Waals surface area (Å²) in [6.07, 6.45) is 2.22. The first-order valence-electron chi connectivity index (χ1n) is 8.99. The van der Waals surface area contributed by atoms with Crippen LogP contribution in [-0.4, -0.2) is 29.8 Å². The van der Waals surface area contributed by atoms with Gasteiger partial charge >= 0.3 is 0 Å². The molecule has 1 N–H and O–H groups in total. The highest BCUT2D eigenvalue weighted by atomic mass is 32.1. The predicted molar refractivity (Wildman–Crippen MR) is 102 cm³/mol. The van der Waals surface area contributed by atoms with Gasteiger partial charge in [0.25, 0.3) is 5.91 Å². The summed E-state index contributed by atoms with van der Waals surface area (Å²) in [5.41, 5.74) is 1.71. The molecule has 1 aliphatic rings. The van der Waals surface area contributed by atoms with Crippen molar-refractivity contribution in [3.63, 3.8) is 0 Å². The van der Waals surface area contributed by atoms with E-state index in [0.29, 0.717) is 25.2 Å². The maximum atomic E-state index is 13.0. The summed E-state index contributed by atoms with van der Waals surface area (Å²) in [6, 6.07) is 7.75. The number of nitrogens with one attached hydrogen (secondary N) is 1. The van der Waals surface area contributed by atoms with Crippen molar-refractivity contribution in [3.8, 4) is 0 Å². The normalized spacial score (nSPS) is 16.0. The number of carbonyl (C=O) groups is 2. The maximum absolute atomic E-state index is 13.0. The molecule has 1 heterocycles. The van der Waals surface area contributed by atoms with Crippen molar-refractivity contribution in [2.45, 2.75) is 33.1 Å². The lowest BCUT2D eigenvalue weighted by molar-refractivity contribution is -0.120. The smallest absolute Gasteiger partial charge is 0.263 e. The first kappa shape index (κ1) is 18.6. The van der Waals surface area contributed by atoms with Crippen LogP contribution in [0.4, 0.5) is 10.1 Å². The number of fused-ring (bicyclic) bond motifs is 1. The van der Waals surface area contributed by atoms with Gasteiger partial charge in [-0.15, -0.1) is 11.3 Å². The second-order valence-corrected chi connectivity index (χ2v) is 7.61. The van der Waals surface area contributed by atoms with Gasteiger partial charge in [0.05, 0.1) is 4.88 Å². The Morgan fingerprint density at radius 2 is 1.92 bits per heavy atom. The molecule has 0 bridgehead atoms. The Bertz CT molecular complexity index is 797. The minimum atomic E-state index is -0.325. The summed E-state index contributed by atoms with van der Waals surface area (Å²) in [7, 11) is 0. The van der Waals surface area contributed by atoms with E-state index >= 15 is 0 Å². The van der Waals surface area contributed by atoms with Crippen LogP contribution in [0.5, 0.6) is 0 Å². The highest BCUT2D eigenvalue weighted by Crippen LogP contribution is 2.33. The molecular weight excluding hydrogens is 351 g/mol. The van der Waals surface area contributed by atoms with Crippen LogP contribution in [0, 0.1) is 11.7 Å². The highest BCUT2D eigenvalue weighted by Gasteiger charge is 2.28. The molecule has 0 unspecified atom stereocenters. The van der Waals surface area contributed by atoms with E-state index in [-0.39, 0.29) is 23.5 Å². The van der Waals surface area contributed by atoms with Gasteiger partial charge < -0.3 is 10.2 Å². The Morgan fingerprint density at radius 1 is 1.23 bits per heavy atom. The van der Waals surface area contributed by atoms with Crippen LogP contribution in [0.1, 0.15) is 40.4 Å². The zero-order chi connectivity index (χ0) is 18.7. The van der Waals surface area contributed by atoms with E-state index in [1.165, 1.54) is 17.0 Å². The average Bonchev–Trinajstić information content (AvgIpc) is 3.07. The lowest BCUT2D eigenvalue weighted by Gasteiger charge is -2.21. The van der Waals surface area contributed by atoms with Crippen molar-refractivity contribution in [1.29, 1.82) is 0 Å². The van der Waals surface area contributed by atoms with Crippen LogP contribution in [-0.2, 0) is 17.6 Å². The third kappa shape index (κ3) is 3.96. The van der Waals surface area contributed by atoms with Crippen LogP contribution in [0.2, 0.25) is 0 Å². The number of hydrogen-bond donors (Lipinski definition) is 1. The Hall–Kier alpha value is -2.21. The first-order valence-corrected chi connectivity index (χ1v) is 9.80. The van der Waals surface area contributed by atoms with Gasteiger partial charge in [0.1, 0.15) is 5.82 Å². The number of anilines is 1. The summed E-state index contributed by atoms with van der Waals surface area (Å²) < 4.78 is 13.0. The third-order valence-electron chi connectivity index (χ3n) is 4.83. The first-order chi connectivity index (χ1) is 12.5. The molecule has 0 aliphatic heterocycles.